The largest absolute Gasteiger partial charge is 0.417 e. The van der Waals surface area contributed by atoms with Crippen molar-refractivity contribution in [1.82, 2.24) is 9.97 Å². The van der Waals surface area contributed by atoms with Crippen molar-refractivity contribution in [2.75, 3.05) is 0 Å². The Balaban J connectivity index is 1.64. The van der Waals surface area contributed by atoms with Gasteiger partial charge in [-0.25, -0.2) is 9.97 Å². The van der Waals surface area contributed by atoms with Gasteiger partial charge < -0.3 is 0 Å². The number of rotatable bonds is 4. The second kappa shape index (κ2) is 7.51. The quantitative estimate of drug-likeness (QED) is 0.354. The van der Waals surface area contributed by atoms with E-state index >= 15 is 0 Å². The van der Waals surface area contributed by atoms with E-state index in [9.17, 15) is 26.3 Å². The van der Waals surface area contributed by atoms with Gasteiger partial charge in [-0.3, -0.25) is 0 Å². The molecule has 0 aliphatic heterocycles. The highest BCUT2D eigenvalue weighted by Crippen LogP contribution is 2.33. The van der Waals surface area contributed by atoms with E-state index in [2.05, 4.69) is 9.97 Å². The number of aromatic nitrogens is 2. The molecule has 0 aliphatic carbocycles. The molecule has 0 saturated carbocycles. The summed E-state index contributed by atoms with van der Waals surface area (Å²) in [4.78, 5) is 8.12. The summed E-state index contributed by atoms with van der Waals surface area (Å²) >= 11 is 2.51. The standard InChI is InChI=1S/C17H10F6N2S2/c18-16(19,20)11-3-1-10(2-4-11)15-25-13(9-27-15)8-26-14-6-5-12(7-24-14)17(21,22)23/h1-7,9H,8H2. The van der Waals surface area contributed by atoms with Crippen LogP contribution in [0.25, 0.3) is 10.6 Å². The van der Waals surface area contributed by atoms with Gasteiger partial charge in [-0.15, -0.1) is 23.1 Å². The number of thiazole rings is 1. The van der Waals surface area contributed by atoms with Crippen molar-refractivity contribution in [1.29, 1.82) is 0 Å². The number of hydrogen-bond donors (Lipinski definition) is 0. The highest BCUT2D eigenvalue weighted by atomic mass is 32.2. The lowest BCUT2D eigenvalue weighted by atomic mass is 10.1. The molecule has 1 aromatic carbocycles. The summed E-state index contributed by atoms with van der Waals surface area (Å²) in [5.41, 5.74) is -0.310. The molecule has 2 aromatic heterocycles. The van der Waals surface area contributed by atoms with E-state index in [1.807, 2.05) is 0 Å². The molecule has 0 fully saturated rings. The monoisotopic (exact) mass is 420 g/mol. The Morgan fingerprint density at radius 3 is 2.04 bits per heavy atom. The normalized spacial score (nSPS) is 12.4. The van der Waals surface area contributed by atoms with Crippen molar-refractivity contribution < 1.29 is 26.3 Å². The van der Waals surface area contributed by atoms with Crippen LogP contribution in [-0.4, -0.2) is 9.97 Å². The molecular formula is C17H10F6N2S2. The van der Waals surface area contributed by atoms with Gasteiger partial charge in [0.25, 0.3) is 0 Å². The molecule has 0 N–H and O–H groups in total. The minimum Gasteiger partial charge on any atom is -0.249 e. The molecule has 0 saturated heterocycles. The minimum atomic E-state index is -4.43. The summed E-state index contributed by atoms with van der Waals surface area (Å²) in [7, 11) is 0. The highest BCUT2D eigenvalue weighted by molar-refractivity contribution is 7.98. The molecule has 2 heterocycles. The first-order valence-corrected chi connectivity index (χ1v) is 9.27. The first-order valence-electron chi connectivity index (χ1n) is 7.41. The van der Waals surface area contributed by atoms with Crippen LogP contribution in [0.2, 0.25) is 0 Å². The van der Waals surface area contributed by atoms with Gasteiger partial charge in [-0.1, -0.05) is 12.1 Å². The molecule has 2 nitrogen and oxygen atoms in total. The van der Waals surface area contributed by atoms with Crippen LogP contribution in [0, 0.1) is 0 Å². The molecule has 0 spiro atoms. The lowest BCUT2D eigenvalue weighted by Crippen LogP contribution is -2.05. The molecule has 0 atom stereocenters. The molecule has 0 unspecified atom stereocenters. The molecular weight excluding hydrogens is 410 g/mol. The van der Waals surface area contributed by atoms with Crippen LogP contribution in [0.3, 0.4) is 0 Å². The van der Waals surface area contributed by atoms with Gasteiger partial charge >= 0.3 is 12.4 Å². The number of thioether (sulfide) groups is 1. The van der Waals surface area contributed by atoms with Gasteiger partial charge in [0.2, 0.25) is 0 Å². The van der Waals surface area contributed by atoms with Crippen molar-refractivity contribution in [3.05, 3.63) is 64.8 Å². The van der Waals surface area contributed by atoms with E-state index in [0.717, 1.165) is 24.4 Å². The summed E-state index contributed by atoms with van der Waals surface area (Å²) in [5.74, 6) is 0.384. The van der Waals surface area contributed by atoms with E-state index in [-0.39, 0.29) is 0 Å². The second-order valence-electron chi connectivity index (χ2n) is 5.39. The van der Waals surface area contributed by atoms with Crippen LogP contribution in [0.15, 0.2) is 53.0 Å². The number of alkyl halides is 6. The molecule has 27 heavy (non-hydrogen) atoms. The predicted molar refractivity (Wildman–Crippen MR) is 91.4 cm³/mol. The third-order valence-electron chi connectivity index (χ3n) is 3.44. The Bertz CT molecular complexity index is 899. The van der Waals surface area contributed by atoms with Crippen molar-refractivity contribution in [3.8, 4) is 10.6 Å². The zero-order chi connectivity index (χ0) is 19.7. The van der Waals surface area contributed by atoms with Gasteiger partial charge in [0.1, 0.15) is 5.01 Å². The van der Waals surface area contributed by atoms with E-state index in [1.54, 1.807) is 5.38 Å². The maximum Gasteiger partial charge on any atom is 0.417 e. The maximum absolute atomic E-state index is 12.6. The number of hydrogen-bond acceptors (Lipinski definition) is 4. The van der Waals surface area contributed by atoms with Crippen LogP contribution in [0.1, 0.15) is 16.8 Å². The van der Waals surface area contributed by atoms with Gasteiger partial charge in [-0.05, 0) is 24.3 Å². The van der Waals surface area contributed by atoms with Crippen molar-refractivity contribution in [3.63, 3.8) is 0 Å². The number of pyridine rings is 1. The van der Waals surface area contributed by atoms with E-state index < -0.39 is 23.5 Å². The number of halogens is 6. The number of nitrogens with zero attached hydrogens (tertiary/aromatic N) is 2. The molecule has 0 radical (unpaired) electrons. The zero-order valence-corrected chi connectivity index (χ0v) is 14.9. The topological polar surface area (TPSA) is 25.8 Å². The van der Waals surface area contributed by atoms with E-state index in [0.29, 0.717) is 27.0 Å². The van der Waals surface area contributed by atoms with Crippen LogP contribution < -0.4 is 0 Å². The first kappa shape index (κ1) is 19.7. The van der Waals surface area contributed by atoms with Crippen LogP contribution in [0.4, 0.5) is 26.3 Å². The van der Waals surface area contributed by atoms with Crippen LogP contribution in [0.5, 0.6) is 0 Å². The average Bonchev–Trinajstić information content (AvgIpc) is 3.08. The SMILES string of the molecule is FC(F)(F)c1ccc(-c2nc(CSc3ccc(C(F)(F)F)cn3)cs2)cc1. The number of benzene rings is 1. The zero-order valence-electron chi connectivity index (χ0n) is 13.3. The molecule has 3 rings (SSSR count). The Morgan fingerprint density at radius 1 is 0.852 bits per heavy atom. The fourth-order valence-electron chi connectivity index (χ4n) is 2.09. The third-order valence-corrected chi connectivity index (χ3v) is 5.36. The second-order valence-corrected chi connectivity index (χ2v) is 7.24. The Hall–Kier alpha value is -2.07. The molecule has 0 aliphatic rings. The van der Waals surface area contributed by atoms with E-state index in [1.165, 1.54) is 41.3 Å². The smallest absolute Gasteiger partial charge is 0.249 e. The Morgan fingerprint density at radius 2 is 1.48 bits per heavy atom. The fourth-order valence-corrected chi connectivity index (χ4v) is 3.76. The summed E-state index contributed by atoms with van der Waals surface area (Å²) in [6.07, 6.45) is -8.05. The Labute approximate surface area is 158 Å². The maximum atomic E-state index is 12.6. The summed E-state index contributed by atoms with van der Waals surface area (Å²) in [6, 6.07) is 6.96. The van der Waals surface area contributed by atoms with Gasteiger partial charge in [-0.2, -0.15) is 26.3 Å². The average molecular weight is 420 g/mol. The molecule has 3 aromatic rings. The van der Waals surface area contributed by atoms with Gasteiger partial charge in [0, 0.05) is 22.9 Å². The lowest BCUT2D eigenvalue weighted by molar-refractivity contribution is -0.138. The molecule has 0 bridgehead atoms. The molecule has 10 heteroatoms. The van der Waals surface area contributed by atoms with Gasteiger partial charge in [0.15, 0.2) is 0 Å². The third kappa shape index (κ3) is 5.01. The summed E-state index contributed by atoms with van der Waals surface area (Å²) in [5, 5.41) is 2.75. The molecule has 0 amide bonds. The van der Waals surface area contributed by atoms with E-state index in [4.69, 9.17) is 0 Å². The van der Waals surface area contributed by atoms with Crippen molar-refractivity contribution >= 4 is 23.1 Å². The van der Waals surface area contributed by atoms with Crippen molar-refractivity contribution in [2.45, 2.75) is 23.1 Å². The van der Waals surface area contributed by atoms with Crippen molar-refractivity contribution in [2.24, 2.45) is 0 Å². The Kier molecular flexibility index (Phi) is 5.48. The predicted octanol–water partition coefficient (Wildman–Crippen LogP) is 6.54. The fraction of sp³-hybridized carbons (Fsp3) is 0.176. The highest BCUT2D eigenvalue weighted by Gasteiger charge is 2.31. The summed E-state index contributed by atoms with van der Waals surface area (Å²) < 4.78 is 75.3. The minimum absolute atomic E-state index is 0.384. The molecule has 142 valence electrons. The van der Waals surface area contributed by atoms with Crippen LogP contribution >= 0.6 is 23.1 Å². The first-order chi connectivity index (χ1) is 12.6. The van der Waals surface area contributed by atoms with Gasteiger partial charge in [0.05, 0.1) is 21.8 Å². The lowest BCUT2D eigenvalue weighted by Gasteiger charge is -2.06. The van der Waals surface area contributed by atoms with Crippen LogP contribution in [-0.2, 0) is 18.1 Å². The summed E-state index contributed by atoms with van der Waals surface area (Å²) in [6.45, 7) is 0.